The number of imidazole rings is 1. The molecule has 1 saturated heterocycles. The smallest absolute Gasteiger partial charge is 0.352 e. The van der Waals surface area contributed by atoms with E-state index in [-0.39, 0.29) is 33.2 Å². The molecule has 17 nitrogen and oxygen atoms in total. The SMILES string of the molecule is CNCCNc1nc2c(ccc[n+]2CC2=C(C(=O)O)N3C(=O)[C@@H](NC(=O)C(=NO[C@@H](C)C(=O)O)c4nc(N)sc4Cl)C3SC2)n1C. The van der Waals surface area contributed by atoms with Crippen LogP contribution in [0.3, 0.4) is 0 Å². The van der Waals surface area contributed by atoms with Crippen molar-refractivity contribution in [2.75, 3.05) is 36.9 Å². The number of aromatic nitrogens is 4. The van der Waals surface area contributed by atoms with Gasteiger partial charge in [0, 0.05) is 31.5 Å². The van der Waals surface area contributed by atoms with E-state index in [1.807, 2.05) is 35.4 Å². The number of nitrogens with two attached hydrogens (primary N) is 1. The van der Waals surface area contributed by atoms with Crippen LogP contribution in [-0.4, -0.2) is 103 Å². The van der Waals surface area contributed by atoms with Crippen LogP contribution < -0.4 is 26.3 Å². The molecule has 0 aromatic carbocycles. The highest BCUT2D eigenvalue weighted by atomic mass is 35.5. The van der Waals surface area contributed by atoms with Crippen molar-refractivity contribution in [3.63, 3.8) is 0 Å². The molecule has 3 atom stereocenters. The van der Waals surface area contributed by atoms with Gasteiger partial charge >= 0.3 is 23.5 Å². The lowest BCUT2D eigenvalue weighted by Crippen LogP contribution is -2.71. The predicted molar refractivity (Wildman–Crippen MR) is 169 cm³/mol. The van der Waals surface area contributed by atoms with E-state index in [0.717, 1.165) is 28.3 Å². The van der Waals surface area contributed by atoms with Gasteiger partial charge in [-0.05, 0) is 31.1 Å². The fourth-order valence-corrected chi connectivity index (χ4v) is 7.10. The number of carboxylic acids is 2. The maximum Gasteiger partial charge on any atom is 0.352 e. The first-order valence-corrected chi connectivity index (χ1v) is 16.0. The number of amides is 2. The van der Waals surface area contributed by atoms with Crippen LogP contribution in [0.1, 0.15) is 12.6 Å². The number of carboxylic acid groups (broad SMARTS) is 2. The van der Waals surface area contributed by atoms with E-state index in [1.54, 1.807) is 6.20 Å². The van der Waals surface area contributed by atoms with Crippen molar-refractivity contribution in [3.05, 3.63) is 39.6 Å². The molecule has 5 heterocycles. The molecule has 2 aliphatic heterocycles. The number of pyridine rings is 1. The molecule has 46 heavy (non-hydrogen) atoms. The summed E-state index contributed by atoms with van der Waals surface area (Å²) in [5.41, 5.74) is 6.84. The number of β-lactam (4-membered cyclic amide) rings is 1. The molecule has 1 unspecified atom stereocenters. The van der Waals surface area contributed by atoms with Crippen LogP contribution in [0.2, 0.25) is 4.34 Å². The van der Waals surface area contributed by atoms with Gasteiger partial charge in [0.25, 0.3) is 11.8 Å². The fourth-order valence-electron chi connectivity index (χ4n) is 4.84. The first-order valence-electron chi connectivity index (χ1n) is 13.8. The van der Waals surface area contributed by atoms with Gasteiger partial charge in [0.15, 0.2) is 10.8 Å². The minimum atomic E-state index is -1.41. The number of thiazole rings is 1. The van der Waals surface area contributed by atoms with Gasteiger partial charge in [-0.3, -0.25) is 19.1 Å². The number of rotatable bonds is 13. The Bertz CT molecular complexity index is 1790. The Morgan fingerprint density at radius 1 is 1.30 bits per heavy atom. The Morgan fingerprint density at radius 2 is 2.07 bits per heavy atom. The fraction of sp³-hybridized carbons (Fsp3) is 0.385. The maximum absolute atomic E-state index is 13.4. The molecule has 0 aliphatic carbocycles. The monoisotopic (exact) mass is 693 g/mol. The standard InChI is InChI=1S/C26H29ClN10O7S2/c1-11(23(40)41)44-34-15(14-18(27)46-25(28)32-14)20(38)31-16-21(39)37-17(24(42)43)12(10-45-22(16)37)9-36-8-4-5-13-19(36)33-26(35(13)3)30-7-6-29-2/h4-5,8,11,16,22,29H,6-7,9-10H2,1-3H3,(H5,28,31,32,38,40,41,42,43)/p+1/t11-,16+,22?/m0/s1. The van der Waals surface area contributed by atoms with Crippen molar-refractivity contribution in [2.24, 2.45) is 12.2 Å². The maximum atomic E-state index is 13.4. The molecule has 1 fully saturated rings. The molecule has 7 N–H and O–H groups in total. The van der Waals surface area contributed by atoms with Gasteiger partial charge in [-0.1, -0.05) is 28.1 Å². The number of nitrogens with one attached hydrogen (secondary N) is 3. The number of likely N-dealkylation sites (N-methyl/N-ethyl adjacent to an activating group) is 1. The number of nitrogens with zero attached hydrogens (tertiary/aromatic N) is 6. The molecule has 244 valence electrons. The van der Waals surface area contributed by atoms with Crippen LogP contribution in [0.4, 0.5) is 11.1 Å². The summed E-state index contributed by atoms with van der Waals surface area (Å²) in [5, 5.41) is 31.2. The van der Waals surface area contributed by atoms with E-state index in [0.29, 0.717) is 23.7 Å². The Labute approximate surface area is 274 Å². The second kappa shape index (κ2) is 13.5. The molecule has 2 aliphatic rings. The summed E-state index contributed by atoms with van der Waals surface area (Å²) < 4.78 is 3.73. The summed E-state index contributed by atoms with van der Waals surface area (Å²) in [5.74, 6) is -3.31. The van der Waals surface area contributed by atoms with E-state index >= 15 is 0 Å². The Hall–Kier alpha value is -4.46. The van der Waals surface area contributed by atoms with Crippen LogP contribution in [0.5, 0.6) is 0 Å². The number of aliphatic carboxylic acids is 2. The Morgan fingerprint density at radius 3 is 2.72 bits per heavy atom. The molecule has 0 saturated carbocycles. The molecular formula is C26H30ClN10O7S2+. The highest BCUT2D eigenvalue weighted by Crippen LogP contribution is 2.40. The lowest BCUT2D eigenvalue weighted by atomic mass is 10.0. The molecule has 0 bridgehead atoms. The number of halogens is 1. The van der Waals surface area contributed by atoms with Crippen molar-refractivity contribution in [1.82, 2.24) is 30.1 Å². The summed E-state index contributed by atoms with van der Waals surface area (Å²) in [6.45, 7) is 2.75. The van der Waals surface area contributed by atoms with Crippen LogP contribution in [0.15, 0.2) is 34.8 Å². The third-order valence-corrected chi connectivity index (χ3v) is 9.58. The molecule has 2 amide bonds. The summed E-state index contributed by atoms with van der Waals surface area (Å²) in [4.78, 5) is 65.2. The third-order valence-electron chi connectivity index (χ3n) is 7.16. The van der Waals surface area contributed by atoms with E-state index < -0.39 is 47.0 Å². The summed E-state index contributed by atoms with van der Waals surface area (Å²) in [6, 6.07) is 2.62. The molecule has 0 spiro atoms. The number of aryl methyl sites for hydroxylation is 1. The lowest BCUT2D eigenvalue weighted by molar-refractivity contribution is -0.664. The van der Waals surface area contributed by atoms with Crippen LogP contribution >= 0.6 is 34.7 Å². The quantitative estimate of drug-likeness (QED) is 0.0449. The van der Waals surface area contributed by atoms with Crippen molar-refractivity contribution >= 4 is 86.4 Å². The molecule has 20 heteroatoms. The highest BCUT2D eigenvalue weighted by Gasteiger charge is 2.54. The second-order valence-electron chi connectivity index (χ2n) is 10.2. The number of oxime groups is 1. The minimum absolute atomic E-state index is 0.00591. The Balaban J connectivity index is 1.38. The van der Waals surface area contributed by atoms with Crippen LogP contribution in [-0.2, 0) is 37.6 Å². The van der Waals surface area contributed by atoms with Crippen LogP contribution in [0, 0.1) is 0 Å². The summed E-state index contributed by atoms with van der Waals surface area (Å²) in [7, 11) is 3.73. The van der Waals surface area contributed by atoms with Gasteiger partial charge in [-0.15, -0.1) is 11.8 Å². The second-order valence-corrected chi connectivity index (χ2v) is 12.9. The van der Waals surface area contributed by atoms with Gasteiger partial charge in [0.2, 0.25) is 6.10 Å². The molecular weight excluding hydrogens is 664 g/mol. The number of carbonyl (C=O) groups excluding carboxylic acids is 2. The number of hydrogen-bond donors (Lipinski definition) is 6. The average molecular weight is 694 g/mol. The van der Waals surface area contributed by atoms with Gasteiger partial charge in [0.05, 0.1) is 6.20 Å². The predicted octanol–water partition coefficient (Wildman–Crippen LogP) is -0.183. The van der Waals surface area contributed by atoms with Gasteiger partial charge in [-0.25, -0.2) is 19.1 Å². The number of anilines is 2. The summed E-state index contributed by atoms with van der Waals surface area (Å²) in [6.07, 6.45) is 0.381. The van der Waals surface area contributed by atoms with E-state index in [2.05, 4.69) is 26.1 Å². The summed E-state index contributed by atoms with van der Waals surface area (Å²) >= 11 is 8.32. The lowest BCUT2D eigenvalue weighted by Gasteiger charge is -2.49. The normalized spacial score (nSPS) is 18.7. The zero-order valence-electron chi connectivity index (χ0n) is 24.7. The van der Waals surface area contributed by atoms with Gasteiger partial charge in [-0.2, -0.15) is 0 Å². The van der Waals surface area contributed by atoms with Crippen molar-refractivity contribution in [2.45, 2.75) is 31.0 Å². The zero-order valence-corrected chi connectivity index (χ0v) is 27.1. The molecule has 3 aromatic rings. The average Bonchev–Trinajstić information content (AvgIpc) is 3.52. The number of carbonyl (C=O) groups is 4. The first kappa shape index (κ1) is 32.9. The number of fused-ring (bicyclic) bond motifs is 2. The Kier molecular flexibility index (Phi) is 9.66. The van der Waals surface area contributed by atoms with E-state index in [9.17, 15) is 24.3 Å². The van der Waals surface area contributed by atoms with E-state index in [1.165, 1.54) is 18.7 Å². The first-order chi connectivity index (χ1) is 21.9. The van der Waals surface area contributed by atoms with Crippen molar-refractivity contribution < 1.29 is 38.8 Å². The number of nitrogen functional groups attached to an aromatic ring is 1. The van der Waals surface area contributed by atoms with E-state index in [4.69, 9.17) is 32.3 Å². The van der Waals surface area contributed by atoms with Crippen LogP contribution in [0.25, 0.3) is 11.2 Å². The number of hydrogen-bond acceptors (Lipinski definition) is 13. The van der Waals surface area contributed by atoms with Gasteiger partial charge in [0.1, 0.15) is 39.2 Å². The topological polar surface area (TPSA) is 230 Å². The largest absolute Gasteiger partial charge is 0.478 e. The highest BCUT2D eigenvalue weighted by molar-refractivity contribution is 8.00. The van der Waals surface area contributed by atoms with Crippen molar-refractivity contribution in [1.29, 1.82) is 0 Å². The zero-order chi connectivity index (χ0) is 33.3. The minimum Gasteiger partial charge on any atom is -0.478 e. The molecule has 3 aromatic heterocycles. The number of thioether (sulfide) groups is 1. The molecule has 0 radical (unpaired) electrons. The third kappa shape index (κ3) is 6.30. The van der Waals surface area contributed by atoms with Crippen molar-refractivity contribution in [3.8, 4) is 0 Å². The molecule has 5 rings (SSSR count). The van der Waals surface area contributed by atoms with Gasteiger partial charge < -0.3 is 36.7 Å².